The van der Waals surface area contributed by atoms with Crippen molar-refractivity contribution < 1.29 is 9.47 Å². The van der Waals surface area contributed by atoms with Crippen LogP contribution >= 0.6 is 11.8 Å². The summed E-state index contributed by atoms with van der Waals surface area (Å²) in [6.07, 6.45) is 0. The maximum absolute atomic E-state index is 5.70. The molecule has 0 bridgehead atoms. The lowest BCUT2D eigenvalue weighted by Gasteiger charge is -2.12. The molecule has 0 aliphatic heterocycles. The Morgan fingerprint density at radius 1 is 1.18 bits per heavy atom. The van der Waals surface area contributed by atoms with E-state index in [1.54, 1.807) is 0 Å². The van der Waals surface area contributed by atoms with E-state index in [0.717, 1.165) is 28.6 Å². The molecule has 0 saturated heterocycles. The quantitative estimate of drug-likeness (QED) is 0.725. The van der Waals surface area contributed by atoms with Gasteiger partial charge in [-0.3, -0.25) is 0 Å². The maximum atomic E-state index is 5.70. The van der Waals surface area contributed by atoms with Crippen LogP contribution < -0.4 is 15.2 Å². The first-order valence-corrected chi connectivity index (χ1v) is 7.13. The van der Waals surface area contributed by atoms with Gasteiger partial charge in [0.25, 0.3) is 0 Å². The number of rotatable bonds is 8. The SMILES string of the molecule is CCOc1cc(CN)ccc1OCCSCC. The fourth-order valence-electron chi connectivity index (χ4n) is 1.42. The monoisotopic (exact) mass is 255 g/mol. The van der Waals surface area contributed by atoms with Crippen LogP contribution in [0.2, 0.25) is 0 Å². The minimum absolute atomic E-state index is 0.520. The summed E-state index contributed by atoms with van der Waals surface area (Å²) in [5.41, 5.74) is 6.66. The van der Waals surface area contributed by atoms with Crippen molar-refractivity contribution >= 4 is 11.8 Å². The van der Waals surface area contributed by atoms with Crippen LogP contribution in [0.5, 0.6) is 11.5 Å². The zero-order valence-electron chi connectivity index (χ0n) is 10.6. The Labute approximate surface area is 108 Å². The molecule has 0 aromatic heterocycles. The van der Waals surface area contributed by atoms with Gasteiger partial charge in [0.15, 0.2) is 11.5 Å². The molecule has 0 unspecified atom stereocenters. The summed E-state index contributed by atoms with van der Waals surface area (Å²) in [5, 5.41) is 0. The molecule has 17 heavy (non-hydrogen) atoms. The number of benzene rings is 1. The molecule has 0 aliphatic rings. The fraction of sp³-hybridized carbons (Fsp3) is 0.538. The highest BCUT2D eigenvalue weighted by Gasteiger charge is 2.05. The topological polar surface area (TPSA) is 44.5 Å². The van der Waals surface area contributed by atoms with Crippen LogP contribution in [0.15, 0.2) is 18.2 Å². The first-order chi connectivity index (χ1) is 8.31. The van der Waals surface area contributed by atoms with Crippen molar-refractivity contribution in [2.75, 3.05) is 24.7 Å². The van der Waals surface area contributed by atoms with Gasteiger partial charge < -0.3 is 15.2 Å². The molecule has 1 aromatic carbocycles. The molecule has 0 heterocycles. The molecule has 0 spiro atoms. The Morgan fingerprint density at radius 2 is 2.00 bits per heavy atom. The van der Waals surface area contributed by atoms with Gasteiger partial charge in [0.05, 0.1) is 13.2 Å². The van der Waals surface area contributed by atoms with Gasteiger partial charge in [-0.15, -0.1) is 0 Å². The highest BCUT2D eigenvalue weighted by molar-refractivity contribution is 7.99. The molecular formula is C13H21NO2S. The summed E-state index contributed by atoms with van der Waals surface area (Å²) in [6.45, 7) is 5.97. The van der Waals surface area contributed by atoms with Crippen LogP contribution in [-0.2, 0) is 6.54 Å². The van der Waals surface area contributed by atoms with Crippen LogP contribution in [0.25, 0.3) is 0 Å². The molecule has 96 valence electrons. The molecule has 2 N–H and O–H groups in total. The van der Waals surface area contributed by atoms with Crippen molar-refractivity contribution in [2.24, 2.45) is 5.73 Å². The Bertz CT molecular complexity index is 331. The van der Waals surface area contributed by atoms with Crippen LogP contribution in [-0.4, -0.2) is 24.7 Å². The minimum Gasteiger partial charge on any atom is -0.490 e. The molecule has 0 aliphatic carbocycles. The number of hydrogen-bond donors (Lipinski definition) is 1. The van der Waals surface area contributed by atoms with Crippen molar-refractivity contribution in [1.82, 2.24) is 0 Å². The van der Waals surface area contributed by atoms with E-state index in [1.807, 2.05) is 36.9 Å². The van der Waals surface area contributed by atoms with E-state index in [1.165, 1.54) is 0 Å². The zero-order chi connectivity index (χ0) is 12.5. The highest BCUT2D eigenvalue weighted by Crippen LogP contribution is 2.28. The molecule has 0 atom stereocenters. The number of hydrogen-bond acceptors (Lipinski definition) is 4. The summed E-state index contributed by atoms with van der Waals surface area (Å²) in [7, 11) is 0. The number of thioether (sulfide) groups is 1. The van der Waals surface area contributed by atoms with Crippen molar-refractivity contribution in [3.63, 3.8) is 0 Å². The summed E-state index contributed by atoms with van der Waals surface area (Å²) >= 11 is 1.87. The van der Waals surface area contributed by atoms with Crippen LogP contribution in [0.1, 0.15) is 19.4 Å². The molecule has 4 heteroatoms. The van der Waals surface area contributed by atoms with Crippen LogP contribution in [0.4, 0.5) is 0 Å². The van der Waals surface area contributed by atoms with E-state index in [4.69, 9.17) is 15.2 Å². The summed E-state index contributed by atoms with van der Waals surface area (Å²) in [5.74, 6) is 3.71. The van der Waals surface area contributed by atoms with E-state index < -0.39 is 0 Å². The second kappa shape index (κ2) is 8.25. The molecule has 1 aromatic rings. The van der Waals surface area contributed by atoms with Crippen LogP contribution in [0.3, 0.4) is 0 Å². The van der Waals surface area contributed by atoms with E-state index in [2.05, 4.69) is 6.92 Å². The van der Waals surface area contributed by atoms with Gasteiger partial charge in [-0.2, -0.15) is 11.8 Å². The van der Waals surface area contributed by atoms with Crippen molar-refractivity contribution in [3.05, 3.63) is 23.8 Å². The van der Waals surface area contributed by atoms with Gasteiger partial charge >= 0.3 is 0 Å². The number of nitrogens with two attached hydrogens (primary N) is 1. The molecule has 1 rings (SSSR count). The Kier molecular flexibility index (Phi) is 6.89. The molecule has 0 fully saturated rings. The van der Waals surface area contributed by atoms with Gasteiger partial charge in [-0.1, -0.05) is 13.0 Å². The minimum atomic E-state index is 0.520. The Hall–Kier alpha value is -0.870. The lowest BCUT2D eigenvalue weighted by molar-refractivity contribution is 0.289. The van der Waals surface area contributed by atoms with Crippen molar-refractivity contribution in [3.8, 4) is 11.5 Å². The van der Waals surface area contributed by atoms with Gasteiger partial charge in [0.1, 0.15) is 0 Å². The van der Waals surface area contributed by atoms with Crippen LogP contribution in [0, 0.1) is 0 Å². The average Bonchev–Trinajstić information content (AvgIpc) is 2.36. The van der Waals surface area contributed by atoms with Gasteiger partial charge in [-0.05, 0) is 30.4 Å². The third-order valence-electron chi connectivity index (χ3n) is 2.23. The summed E-state index contributed by atoms with van der Waals surface area (Å²) < 4.78 is 11.3. The second-order valence-corrected chi connectivity index (χ2v) is 4.86. The Balaban J connectivity index is 2.62. The smallest absolute Gasteiger partial charge is 0.161 e. The van der Waals surface area contributed by atoms with Gasteiger partial charge in [0.2, 0.25) is 0 Å². The zero-order valence-corrected chi connectivity index (χ0v) is 11.4. The van der Waals surface area contributed by atoms with Crippen molar-refractivity contribution in [1.29, 1.82) is 0 Å². The van der Waals surface area contributed by atoms with E-state index in [-0.39, 0.29) is 0 Å². The standard InChI is InChI=1S/C13H21NO2S/c1-3-15-13-9-11(10-14)5-6-12(13)16-7-8-17-4-2/h5-6,9H,3-4,7-8,10,14H2,1-2H3. The van der Waals surface area contributed by atoms with E-state index in [0.29, 0.717) is 19.8 Å². The Morgan fingerprint density at radius 3 is 2.65 bits per heavy atom. The third kappa shape index (κ3) is 4.88. The summed E-state index contributed by atoms with van der Waals surface area (Å²) in [4.78, 5) is 0. The molecular weight excluding hydrogens is 234 g/mol. The average molecular weight is 255 g/mol. The number of ether oxygens (including phenoxy) is 2. The lowest BCUT2D eigenvalue weighted by Crippen LogP contribution is -2.04. The van der Waals surface area contributed by atoms with Gasteiger partial charge in [0, 0.05) is 12.3 Å². The second-order valence-electron chi connectivity index (χ2n) is 3.46. The molecule has 3 nitrogen and oxygen atoms in total. The third-order valence-corrected chi connectivity index (χ3v) is 3.10. The van der Waals surface area contributed by atoms with Gasteiger partial charge in [-0.25, -0.2) is 0 Å². The maximum Gasteiger partial charge on any atom is 0.161 e. The predicted molar refractivity (Wildman–Crippen MR) is 74.0 cm³/mol. The molecule has 0 amide bonds. The molecule has 0 saturated carbocycles. The summed E-state index contributed by atoms with van der Waals surface area (Å²) in [6, 6.07) is 5.86. The first kappa shape index (κ1) is 14.2. The van der Waals surface area contributed by atoms with E-state index in [9.17, 15) is 0 Å². The molecule has 0 radical (unpaired) electrons. The predicted octanol–water partition coefficient (Wildman–Crippen LogP) is 2.68. The fourth-order valence-corrected chi connectivity index (χ4v) is 1.91. The highest BCUT2D eigenvalue weighted by atomic mass is 32.2. The van der Waals surface area contributed by atoms with E-state index >= 15 is 0 Å². The van der Waals surface area contributed by atoms with Crippen molar-refractivity contribution in [2.45, 2.75) is 20.4 Å². The largest absolute Gasteiger partial charge is 0.490 e. The lowest BCUT2D eigenvalue weighted by atomic mass is 10.2. The normalized spacial score (nSPS) is 10.3. The first-order valence-electron chi connectivity index (χ1n) is 5.98.